The number of benzene rings is 2. The van der Waals surface area contributed by atoms with Gasteiger partial charge >= 0.3 is 0 Å². The normalized spacial score (nSPS) is 10.9. The second kappa shape index (κ2) is 7.97. The number of carbonyl (C=O) groups is 2. The summed E-state index contributed by atoms with van der Waals surface area (Å²) in [5.41, 5.74) is 2.40. The Labute approximate surface area is 145 Å². The van der Waals surface area contributed by atoms with E-state index in [9.17, 15) is 9.59 Å². The minimum Gasteiger partial charge on any atom is -0.351 e. The van der Waals surface area contributed by atoms with Crippen LogP contribution in [0, 0.1) is 0 Å². The summed E-state index contributed by atoms with van der Waals surface area (Å²) in [6.45, 7) is 0.725. The fourth-order valence-corrected chi connectivity index (χ4v) is 2.45. The van der Waals surface area contributed by atoms with Crippen molar-refractivity contribution >= 4 is 28.8 Å². The lowest BCUT2D eigenvalue weighted by molar-refractivity contribution is -0.116. The summed E-state index contributed by atoms with van der Waals surface area (Å²) in [5, 5.41) is 6.51. The molecule has 3 N–H and O–H groups in total. The Morgan fingerprint density at radius 2 is 1.64 bits per heavy atom. The number of hydrogen-bond acceptors (Lipinski definition) is 2. The molecule has 5 nitrogen and oxygen atoms in total. The molecule has 0 bridgehead atoms. The van der Waals surface area contributed by atoms with Crippen molar-refractivity contribution < 1.29 is 9.59 Å². The van der Waals surface area contributed by atoms with E-state index in [0.717, 1.165) is 16.5 Å². The molecule has 2 amide bonds. The Morgan fingerprint density at radius 1 is 0.920 bits per heavy atom. The van der Waals surface area contributed by atoms with Crippen molar-refractivity contribution in [3.8, 4) is 0 Å². The number of rotatable bonds is 6. The monoisotopic (exact) mass is 333 g/mol. The van der Waals surface area contributed by atoms with E-state index in [4.69, 9.17) is 0 Å². The average molecular weight is 333 g/mol. The van der Waals surface area contributed by atoms with Crippen molar-refractivity contribution in [3.05, 3.63) is 78.0 Å². The van der Waals surface area contributed by atoms with Gasteiger partial charge in [-0.2, -0.15) is 0 Å². The molecule has 0 aliphatic rings. The lowest BCUT2D eigenvalue weighted by Crippen LogP contribution is -2.34. The van der Waals surface area contributed by atoms with Crippen LogP contribution in [-0.4, -0.2) is 29.9 Å². The van der Waals surface area contributed by atoms with Crippen LogP contribution in [0.3, 0.4) is 0 Å². The first kappa shape index (κ1) is 16.5. The van der Waals surface area contributed by atoms with E-state index in [0.29, 0.717) is 18.8 Å². The summed E-state index contributed by atoms with van der Waals surface area (Å²) < 4.78 is 0. The first-order valence-corrected chi connectivity index (χ1v) is 8.09. The van der Waals surface area contributed by atoms with Crippen molar-refractivity contribution in [3.63, 3.8) is 0 Å². The van der Waals surface area contributed by atoms with Crippen LogP contribution >= 0.6 is 0 Å². The predicted octanol–water partition coefficient (Wildman–Crippen LogP) is 2.73. The maximum absolute atomic E-state index is 12.1. The number of carbonyl (C=O) groups excluding carboxylic acids is 2. The lowest BCUT2D eigenvalue weighted by Gasteiger charge is -2.04. The van der Waals surface area contributed by atoms with E-state index in [1.165, 1.54) is 6.08 Å². The Hall–Kier alpha value is -3.34. The minimum atomic E-state index is -0.191. The number of aromatic nitrogens is 1. The lowest BCUT2D eigenvalue weighted by atomic mass is 10.2. The number of para-hydroxylation sites is 1. The van der Waals surface area contributed by atoms with Gasteiger partial charge in [-0.05, 0) is 23.8 Å². The zero-order chi connectivity index (χ0) is 17.5. The molecule has 126 valence electrons. The Balaban J connectivity index is 1.42. The van der Waals surface area contributed by atoms with Crippen LogP contribution in [0.1, 0.15) is 16.1 Å². The Bertz CT molecular complexity index is 864. The summed E-state index contributed by atoms with van der Waals surface area (Å²) >= 11 is 0. The topological polar surface area (TPSA) is 74.0 Å². The fraction of sp³-hybridized carbons (Fsp3) is 0.100. The fourth-order valence-electron chi connectivity index (χ4n) is 2.45. The van der Waals surface area contributed by atoms with Gasteiger partial charge in [-0.15, -0.1) is 0 Å². The van der Waals surface area contributed by atoms with Crippen LogP contribution in [0.15, 0.2) is 66.7 Å². The molecule has 0 radical (unpaired) electrons. The highest BCUT2D eigenvalue weighted by molar-refractivity contribution is 5.98. The molecular weight excluding hydrogens is 314 g/mol. The van der Waals surface area contributed by atoms with E-state index >= 15 is 0 Å². The highest BCUT2D eigenvalue weighted by atomic mass is 16.2. The molecule has 25 heavy (non-hydrogen) atoms. The second-order valence-electron chi connectivity index (χ2n) is 5.56. The van der Waals surface area contributed by atoms with E-state index < -0.39 is 0 Å². The van der Waals surface area contributed by atoms with Gasteiger partial charge in [0.05, 0.1) is 0 Å². The quantitative estimate of drug-likeness (QED) is 0.479. The van der Waals surface area contributed by atoms with Crippen molar-refractivity contribution in [2.75, 3.05) is 13.1 Å². The molecule has 1 heterocycles. The van der Waals surface area contributed by atoms with E-state index in [2.05, 4.69) is 15.6 Å². The van der Waals surface area contributed by atoms with Crippen molar-refractivity contribution in [2.24, 2.45) is 0 Å². The number of H-pyrrole nitrogens is 1. The first-order valence-electron chi connectivity index (χ1n) is 8.09. The zero-order valence-electron chi connectivity index (χ0n) is 13.7. The Kier molecular flexibility index (Phi) is 5.26. The van der Waals surface area contributed by atoms with Gasteiger partial charge in [-0.3, -0.25) is 9.59 Å². The van der Waals surface area contributed by atoms with E-state index in [1.54, 1.807) is 6.08 Å². The van der Waals surface area contributed by atoms with Crippen LogP contribution in [0.25, 0.3) is 17.0 Å². The summed E-state index contributed by atoms with van der Waals surface area (Å²) in [6.07, 6.45) is 3.23. The van der Waals surface area contributed by atoms with E-state index in [1.807, 2.05) is 60.7 Å². The molecule has 5 heteroatoms. The third-order valence-corrected chi connectivity index (χ3v) is 3.71. The molecule has 3 rings (SSSR count). The molecule has 0 aliphatic heterocycles. The van der Waals surface area contributed by atoms with Crippen molar-refractivity contribution in [2.45, 2.75) is 0 Å². The number of hydrogen-bond donors (Lipinski definition) is 3. The standard InChI is InChI=1S/C20H19N3O2/c24-19(11-10-15-6-2-1-3-7-15)21-12-13-22-20(25)18-14-16-8-4-5-9-17(16)23-18/h1-11,14,23H,12-13H2,(H,21,24)(H,22,25)/b11-10+. The first-order chi connectivity index (χ1) is 12.2. The smallest absolute Gasteiger partial charge is 0.267 e. The highest BCUT2D eigenvalue weighted by Gasteiger charge is 2.08. The predicted molar refractivity (Wildman–Crippen MR) is 99.1 cm³/mol. The van der Waals surface area contributed by atoms with Crippen LogP contribution in [0.5, 0.6) is 0 Å². The number of amides is 2. The van der Waals surface area contributed by atoms with Gasteiger partial charge in [-0.1, -0.05) is 48.5 Å². The molecule has 0 saturated heterocycles. The molecule has 0 fully saturated rings. The van der Waals surface area contributed by atoms with Crippen LogP contribution in [0.4, 0.5) is 0 Å². The summed E-state index contributed by atoms with van der Waals surface area (Å²) in [6, 6.07) is 19.1. The number of aromatic amines is 1. The maximum atomic E-state index is 12.1. The molecule has 0 saturated carbocycles. The van der Waals surface area contributed by atoms with Gasteiger partial charge in [-0.25, -0.2) is 0 Å². The van der Waals surface area contributed by atoms with Crippen LogP contribution in [-0.2, 0) is 4.79 Å². The molecule has 3 aromatic rings. The number of fused-ring (bicyclic) bond motifs is 1. The summed E-state index contributed by atoms with van der Waals surface area (Å²) in [4.78, 5) is 26.9. The summed E-state index contributed by atoms with van der Waals surface area (Å²) in [7, 11) is 0. The second-order valence-corrected chi connectivity index (χ2v) is 5.56. The molecule has 0 aliphatic carbocycles. The molecule has 0 atom stereocenters. The zero-order valence-corrected chi connectivity index (χ0v) is 13.7. The van der Waals surface area contributed by atoms with Gasteiger partial charge < -0.3 is 15.6 Å². The third kappa shape index (κ3) is 4.57. The number of nitrogens with one attached hydrogen (secondary N) is 3. The van der Waals surface area contributed by atoms with Crippen LogP contribution in [0.2, 0.25) is 0 Å². The molecule has 1 aromatic heterocycles. The average Bonchev–Trinajstić information content (AvgIpc) is 3.08. The van der Waals surface area contributed by atoms with Gasteiger partial charge in [0.1, 0.15) is 5.69 Å². The molecule has 0 unspecified atom stereocenters. The van der Waals surface area contributed by atoms with Crippen molar-refractivity contribution in [1.82, 2.24) is 15.6 Å². The summed E-state index contributed by atoms with van der Waals surface area (Å²) in [5.74, 6) is -0.381. The van der Waals surface area contributed by atoms with Gasteiger partial charge in [0.25, 0.3) is 5.91 Å². The molecule has 0 spiro atoms. The van der Waals surface area contributed by atoms with Gasteiger partial charge in [0, 0.05) is 30.1 Å². The minimum absolute atomic E-state index is 0.190. The van der Waals surface area contributed by atoms with Gasteiger partial charge in [0.15, 0.2) is 0 Å². The van der Waals surface area contributed by atoms with Crippen LogP contribution < -0.4 is 10.6 Å². The molecule has 2 aromatic carbocycles. The van der Waals surface area contributed by atoms with Gasteiger partial charge in [0.2, 0.25) is 5.91 Å². The SMILES string of the molecule is O=C(/C=C/c1ccccc1)NCCNC(=O)c1cc2ccccc2[nH]1. The third-order valence-electron chi connectivity index (χ3n) is 3.71. The molecular formula is C20H19N3O2. The largest absolute Gasteiger partial charge is 0.351 e. The Morgan fingerprint density at radius 3 is 2.44 bits per heavy atom. The highest BCUT2D eigenvalue weighted by Crippen LogP contribution is 2.14. The van der Waals surface area contributed by atoms with Crippen molar-refractivity contribution in [1.29, 1.82) is 0 Å². The van der Waals surface area contributed by atoms with E-state index in [-0.39, 0.29) is 11.8 Å². The maximum Gasteiger partial charge on any atom is 0.267 e.